The molecule has 4 aromatic rings. The number of hydrogen-bond donors (Lipinski definition) is 2. The van der Waals surface area contributed by atoms with E-state index < -0.39 is 0 Å². The molecule has 218 valence electrons. The normalized spacial score (nSPS) is 15.2. The lowest BCUT2D eigenvalue weighted by Gasteiger charge is -2.21. The minimum absolute atomic E-state index is 0. The highest BCUT2D eigenvalue weighted by atomic mass is 35.5. The second kappa shape index (κ2) is 14.0. The molecule has 2 atom stereocenters. The van der Waals surface area contributed by atoms with Gasteiger partial charge in [-0.3, -0.25) is 14.9 Å². The van der Waals surface area contributed by atoms with E-state index in [1.54, 1.807) is 0 Å². The van der Waals surface area contributed by atoms with Crippen molar-refractivity contribution in [1.82, 2.24) is 15.3 Å². The van der Waals surface area contributed by atoms with E-state index in [-0.39, 0.29) is 47.3 Å². The molecule has 2 unspecified atom stereocenters. The number of ether oxygens (including phenoxy) is 2. The predicted octanol–water partition coefficient (Wildman–Crippen LogP) is 7.33. The Morgan fingerprint density at radius 2 is 1.59 bits per heavy atom. The van der Waals surface area contributed by atoms with Gasteiger partial charge in [-0.25, -0.2) is 4.98 Å². The van der Waals surface area contributed by atoms with Crippen LogP contribution in [0.3, 0.4) is 0 Å². The average molecular weight is 618 g/mol. The molecule has 0 radical (unpaired) electrons. The van der Waals surface area contributed by atoms with Crippen molar-refractivity contribution in [3.8, 4) is 17.2 Å². The maximum absolute atomic E-state index is 11.8. The Balaban J connectivity index is 0.00000231. The quantitative estimate of drug-likeness (QED) is 0.192. The van der Waals surface area contributed by atoms with Crippen LogP contribution in [0.4, 0.5) is 10.5 Å². The molecular weight excluding hydrogens is 583 g/mol. The summed E-state index contributed by atoms with van der Waals surface area (Å²) in [5.74, 6) is 3.26. The van der Waals surface area contributed by atoms with Crippen LogP contribution in [0.2, 0.25) is 0 Å². The first-order valence-corrected chi connectivity index (χ1v) is 13.9. The maximum atomic E-state index is 11.8. The second-order valence-corrected chi connectivity index (χ2v) is 11.3. The van der Waals surface area contributed by atoms with Crippen molar-refractivity contribution in [1.29, 1.82) is 0 Å². The second-order valence-electron chi connectivity index (χ2n) is 10.2. The van der Waals surface area contributed by atoms with E-state index >= 15 is 0 Å². The van der Waals surface area contributed by atoms with Crippen LogP contribution < -0.4 is 19.7 Å². The minimum atomic E-state index is -0.386. The third-order valence-electron chi connectivity index (χ3n) is 6.43. The monoisotopic (exact) mass is 616 g/mol. The first-order chi connectivity index (χ1) is 18.7. The lowest BCUT2D eigenvalue weighted by atomic mass is 10.1. The molecule has 1 aliphatic rings. The van der Waals surface area contributed by atoms with E-state index in [4.69, 9.17) is 14.5 Å². The van der Waals surface area contributed by atoms with E-state index in [0.29, 0.717) is 23.9 Å². The van der Waals surface area contributed by atoms with Gasteiger partial charge >= 0.3 is 0 Å². The van der Waals surface area contributed by atoms with Gasteiger partial charge in [0.05, 0.1) is 16.3 Å². The first kappa shape index (κ1) is 32.1. The van der Waals surface area contributed by atoms with Gasteiger partial charge in [-0.1, -0.05) is 37.7 Å². The smallest absolute Gasteiger partial charge is 0.286 e. The van der Waals surface area contributed by atoms with Crippen molar-refractivity contribution in [2.75, 3.05) is 18.5 Å². The van der Waals surface area contributed by atoms with Crippen molar-refractivity contribution in [2.45, 2.75) is 38.5 Å². The molecule has 8 nitrogen and oxygen atoms in total. The van der Waals surface area contributed by atoms with Gasteiger partial charge in [0.25, 0.3) is 5.24 Å². The Hall–Kier alpha value is -3.40. The van der Waals surface area contributed by atoms with Crippen molar-refractivity contribution in [2.24, 2.45) is 5.92 Å². The lowest BCUT2D eigenvalue weighted by molar-refractivity contribution is -0.118. The number of aromatic nitrogens is 2. The SMILES string of the molecule is CC(C)CN(C)c1ccc(Oc2ccc3nc(C(C)Oc4ccc(CC5SC(=O)NC5=O)cc4)[nH]c3c2)cc1.Cl.Cl. The number of hydrogen-bond acceptors (Lipinski definition) is 7. The van der Waals surface area contributed by atoms with E-state index in [1.807, 2.05) is 61.5 Å². The number of thioether (sulfide) groups is 1. The van der Waals surface area contributed by atoms with Crippen LogP contribution in [0.1, 0.15) is 38.3 Å². The van der Waals surface area contributed by atoms with Gasteiger partial charge in [-0.2, -0.15) is 0 Å². The largest absolute Gasteiger partial charge is 0.483 e. The molecule has 1 saturated heterocycles. The molecule has 2 heterocycles. The molecule has 1 aliphatic heterocycles. The molecule has 11 heteroatoms. The molecule has 0 aliphatic carbocycles. The lowest BCUT2D eigenvalue weighted by Crippen LogP contribution is -2.25. The summed E-state index contributed by atoms with van der Waals surface area (Å²) in [6, 6.07) is 21.4. The molecule has 0 bridgehead atoms. The summed E-state index contributed by atoms with van der Waals surface area (Å²) >= 11 is 1.03. The standard InChI is InChI=1S/C30H32N4O4S.2ClH/c1-18(2)17-34(4)21-7-11-23(12-8-21)38-24-13-14-25-26(16-24)32-28(31-25)19(3)37-22-9-5-20(6-10-22)15-27-29(35)33-30(36)39-27;;/h5-14,16,18-19,27H,15,17H2,1-4H3,(H,31,32)(H,33,35,36);2*1H. The number of carbonyl (C=O) groups is 2. The molecule has 5 rings (SSSR count). The average Bonchev–Trinajstić information content (AvgIpc) is 3.47. The number of rotatable bonds is 10. The number of nitrogens with zero attached hydrogens (tertiary/aromatic N) is 2. The summed E-state index contributed by atoms with van der Waals surface area (Å²) in [7, 11) is 2.10. The van der Waals surface area contributed by atoms with Crippen molar-refractivity contribution in [3.63, 3.8) is 0 Å². The molecule has 3 aromatic carbocycles. The third kappa shape index (κ3) is 8.09. The molecule has 2 amide bonds. The van der Waals surface area contributed by atoms with E-state index in [9.17, 15) is 9.59 Å². The van der Waals surface area contributed by atoms with Crippen molar-refractivity contribution >= 4 is 64.4 Å². The zero-order chi connectivity index (χ0) is 27.5. The van der Waals surface area contributed by atoms with Gasteiger partial charge in [0.2, 0.25) is 5.91 Å². The number of aromatic amines is 1. The Morgan fingerprint density at radius 1 is 0.927 bits per heavy atom. The number of benzene rings is 3. The molecular formula is C30H34Cl2N4O4S. The zero-order valence-corrected chi connectivity index (χ0v) is 25.7. The van der Waals surface area contributed by atoms with Crippen LogP contribution in [0.15, 0.2) is 66.7 Å². The van der Waals surface area contributed by atoms with Gasteiger partial charge in [0.15, 0.2) is 6.10 Å². The fourth-order valence-electron chi connectivity index (χ4n) is 4.53. The summed E-state index contributed by atoms with van der Waals surface area (Å²) < 4.78 is 12.2. The molecule has 1 fully saturated rings. The number of amides is 2. The summed E-state index contributed by atoms with van der Waals surface area (Å²) in [5, 5.41) is 1.65. The highest BCUT2D eigenvalue weighted by molar-refractivity contribution is 8.15. The van der Waals surface area contributed by atoms with E-state index in [1.165, 1.54) is 0 Å². The summed E-state index contributed by atoms with van der Waals surface area (Å²) in [4.78, 5) is 33.5. The van der Waals surface area contributed by atoms with Crippen LogP contribution in [0.5, 0.6) is 17.2 Å². The Morgan fingerprint density at radius 3 is 2.22 bits per heavy atom. The Kier molecular flexibility index (Phi) is 11.0. The highest BCUT2D eigenvalue weighted by Gasteiger charge is 2.31. The van der Waals surface area contributed by atoms with Crippen LogP contribution >= 0.6 is 36.6 Å². The van der Waals surface area contributed by atoms with Gasteiger partial charge in [-0.05, 0) is 73.4 Å². The summed E-state index contributed by atoms with van der Waals surface area (Å²) in [6.07, 6.45) is 0.183. The summed E-state index contributed by atoms with van der Waals surface area (Å²) in [6.45, 7) is 7.35. The number of nitrogens with one attached hydrogen (secondary N) is 2. The maximum Gasteiger partial charge on any atom is 0.286 e. The molecule has 0 spiro atoms. The minimum Gasteiger partial charge on any atom is -0.483 e. The number of imide groups is 1. The fourth-order valence-corrected chi connectivity index (χ4v) is 5.39. The van der Waals surface area contributed by atoms with E-state index in [0.717, 1.165) is 52.1 Å². The highest BCUT2D eigenvalue weighted by Crippen LogP contribution is 2.29. The van der Waals surface area contributed by atoms with Crippen LogP contribution in [-0.4, -0.2) is 40.0 Å². The van der Waals surface area contributed by atoms with E-state index in [2.05, 4.69) is 48.2 Å². The van der Waals surface area contributed by atoms with Crippen LogP contribution in [0.25, 0.3) is 11.0 Å². The Labute approximate surface area is 256 Å². The molecule has 0 saturated carbocycles. The molecule has 1 aromatic heterocycles. The summed E-state index contributed by atoms with van der Waals surface area (Å²) in [5.41, 5.74) is 3.81. The fraction of sp³-hybridized carbons (Fsp3) is 0.300. The van der Waals surface area contributed by atoms with Crippen molar-refractivity contribution < 1.29 is 19.1 Å². The number of imidazole rings is 1. The number of carbonyl (C=O) groups excluding carboxylic acids is 2. The van der Waals surface area contributed by atoms with Crippen LogP contribution in [0, 0.1) is 5.92 Å². The molecule has 2 N–H and O–H groups in total. The Bertz CT molecular complexity index is 1480. The number of H-pyrrole nitrogens is 1. The topological polar surface area (TPSA) is 96.6 Å². The number of anilines is 1. The third-order valence-corrected chi connectivity index (χ3v) is 7.41. The van der Waals surface area contributed by atoms with Gasteiger partial charge in [0, 0.05) is 25.3 Å². The molecule has 41 heavy (non-hydrogen) atoms. The van der Waals surface area contributed by atoms with Gasteiger partial charge in [-0.15, -0.1) is 24.8 Å². The van der Waals surface area contributed by atoms with Crippen LogP contribution in [-0.2, 0) is 11.2 Å². The number of halogens is 2. The van der Waals surface area contributed by atoms with Crippen molar-refractivity contribution in [3.05, 3.63) is 78.1 Å². The zero-order valence-electron chi connectivity index (χ0n) is 23.2. The van der Waals surface area contributed by atoms with Gasteiger partial charge < -0.3 is 19.4 Å². The first-order valence-electron chi connectivity index (χ1n) is 13.0. The van der Waals surface area contributed by atoms with Gasteiger partial charge in [0.1, 0.15) is 23.1 Å². The predicted molar refractivity (Wildman–Crippen MR) is 169 cm³/mol. The number of fused-ring (bicyclic) bond motifs is 1.